The van der Waals surface area contributed by atoms with E-state index in [1.54, 1.807) is 6.20 Å². The molecule has 78 valence electrons. The minimum absolute atomic E-state index is 0.356. The highest BCUT2D eigenvalue weighted by molar-refractivity contribution is 5.74. The molecule has 0 amide bonds. The molecule has 0 bridgehead atoms. The van der Waals surface area contributed by atoms with Gasteiger partial charge in [-0.3, -0.25) is 4.79 Å². The van der Waals surface area contributed by atoms with Gasteiger partial charge in [0, 0.05) is 6.20 Å². The molecule has 0 radical (unpaired) electrons. The fourth-order valence-corrected chi connectivity index (χ4v) is 1.46. The Labute approximate surface area is 90.3 Å². The number of rotatable bonds is 2. The molecule has 0 unspecified atom stereocenters. The van der Waals surface area contributed by atoms with Crippen molar-refractivity contribution >= 4 is 17.4 Å². The minimum Gasteiger partial charge on any atom is -0.422 e. The summed E-state index contributed by atoms with van der Waals surface area (Å²) in [4.78, 5) is 14.8. The summed E-state index contributed by atoms with van der Waals surface area (Å²) in [5, 5.41) is 3.98. The van der Waals surface area contributed by atoms with Crippen LogP contribution >= 0.6 is 0 Å². The summed E-state index contributed by atoms with van der Waals surface area (Å²) in [5.41, 5.74) is 1.95. The highest BCUT2D eigenvalue weighted by Gasteiger charge is 2.08. The molecule has 0 fully saturated rings. The van der Waals surface area contributed by atoms with Gasteiger partial charge in [0.05, 0.1) is 11.8 Å². The fourth-order valence-electron chi connectivity index (χ4n) is 1.46. The standard InChI is InChI=1S/C11H7N3O2/c15-7-8-5-12-14(6-8)11-13-9-3-1-2-4-10(9)16-11/h1-7H. The van der Waals surface area contributed by atoms with Crippen LogP contribution in [0, 0.1) is 0 Å². The second-order valence-electron chi connectivity index (χ2n) is 3.30. The minimum atomic E-state index is 0.356. The molecule has 2 aromatic heterocycles. The number of aromatic nitrogens is 3. The molecule has 0 spiro atoms. The van der Waals surface area contributed by atoms with Crippen molar-refractivity contribution < 1.29 is 9.21 Å². The Hall–Kier alpha value is -2.43. The molecule has 5 nitrogen and oxygen atoms in total. The molecule has 3 aromatic rings. The highest BCUT2D eigenvalue weighted by Crippen LogP contribution is 2.17. The fraction of sp³-hybridized carbons (Fsp3) is 0. The van der Waals surface area contributed by atoms with Gasteiger partial charge in [0.2, 0.25) is 0 Å². The molecule has 16 heavy (non-hydrogen) atoms. The molecule has 3 rings (SSSR count). The number of hydrogen-bond acceptors (Lipinski definition) is 4. The number of nitrogens with zero attached hydrogens (tertiary/aromatic N) is 3. The van der Waals surface area contributed by atoms with Gasteiger partial charge >= 0.3 is 6.01 Å². The van der Waals surface area contributed by atoms with Crippen molar-refractivity contribution in [3.05, 3.63) is 42.2 Å². The first-order chi connectivity index (χ1) is 7.86. The Morgan fingerprint density at radius 3 is 2.94 bits per heavy atom. The van der Waals surface area contributed by atoms with E-state index >= 15 is 0 Å². The molecule has 0 N–H and O–H groups in total. The van der Waals surface area contributed by atoms with Crippen LogP contribution < -0.4 is 0 Å². The quantitative estimate of drug-likeness (QED) is 0.609. The Balaban J connectivity index is 2.14. The summed E-state index contributed by atoms with van der Waals surface area (Å²) in [6.07, 6.45) is 3.76. The highest BCUT2D eigenvalue weighted by atomic mass is 16.4. The number of carbonyl (C=O) groups excluding carboxylic acids is 1. The van der Waals surface area contributed by atoms with Gasteiger partial charge in [0.25, 0.3) is 0 Å². The van der Waals surface area contributed by atoms with E-state index in [0.29, 0.717) is 17.2 Å². The monoisotopic (exact) mass is 213 g/mol. The van der Waals surface area contributed by atoms with Gasteiger partial charge in [-0.1, -0.05) is 12.1 Å². The van der Waals surface area contributed by atoms with Gasteiger partial charge in [-0.15, -0.1) is 0 Å². The molecule has 0 aliphatic heterocycles. The van der Waals surface area contributed by atoms with Gasteiger partial charge in [0.1, 0.15) is 5.52 Å². The van der Waals surface area contributed by atoms with Crippen molar-refractivity contribution in [3.63, 3.8) is 0 Å². The van der Waals surface area contributed by atoms with Crippen molar-refractivity contribution in [2.24, 2.45) is 0 Å². The molecule has 0 aliphatic carbocycles. The maximum atomic E-state index is 10.5. The summed E-state index contributed by atoms with van der Waals surface area (Å²) in [5.74, 6) is 0. The van der Waals surface area contributed by atoms with E-state index in [1.165, 1.54) is 10.9 Å². The predicted octanol–water partition coefficient (Wildman–Crippen LogP) is 1.83. The zero-order valence-electron chi connectivity index (χ0n) is 8.20. The number of benzene rings is 1. The molecule has 2 heterocycles. The molecule has 1 aromatic carbocycles. The van der Waals surface area contributed by atoms with Crippen molar-refractivity contribution in [2.75, 3.05) is 0 Å². The molecule has 5 heteroatoms. The maximum Gasteiger partial charge on any atom is 0.323 e. The van der Waals surface area contributed by atoms with E-state index < -0.39 is 0 Å². The molecule has 0 atom stereocenters. The van der Waals surface area contributed by atoms with Gasteiger partial charge < -0.3 is 4.42 Å². The predicted molar refractivity (Wildman–Crippen MR) is 56.5 cm³/mol. The first-order valence-electron chi connectivity index (χ1n) is 4.72. The zero-order valence-corrected chi connectivity index (χ0v) is 8.20. The Morgan fingerprint density at radius 2 is 2.19 bits per heavy atom. The summed E-state index contributed by atoms with van der Waals surface area (Å²) >= 11 is 0. The van der Waals surface area contributed by atoms with Gasteiger partial charge in [-0.05, 0) is 12.1 Å². The van der Waals surface area contributed by atoms with Crippen LogP contribution in [0.3, 0.4) is 0 Å². The lowest BCUT2D eigenvalue weighted by Crippen LogP contribution is -1.93. The second kappa shape index (κ2) is 3.30. The third-order valence-electron chi connectivity index (χ3n) is 2.22. The summed E-state index contributed by atoms with van der Waals surface area (Å²) in [7, 11) is 0. The van der Waals surface area contributed by atoms with Crippen LogP contribution in [-0.2, 0) is 0 Å². The SMILES string of the molecule is O=Cc1cnn(-c2nc3ccccc3o2)c1. The van der Waals surface area contributed by atoms with Crippen LogP contribution in [-0.4, -0.2) is 21.1 Å². The lowest BCUT2D eigenvalue weighted by Gasteiger charge is -1.89. The van der Waals surface area contributed by atoms with Crippen LogP contribution in [0.25, 0.3) is 17.1 Å². The smallest absolute Gasteiger partial charge is 0.323 e. The molecule has 0 aliphatic rings. The number of para-hydroxylation sites is 2. The Kier molecular flexibility index (Phi) is 1.83. The maximum absolute atomic E-state index is 10.5. The van der Waals surface area contributed by atoms with Gasteiger partial charge in [0.15, 0.2) is 11.9 Å². The van der Waals surface area contributed by atoms with E-state index in [1.807, 2.05) is 24.3 Å². The van der Waals surface area contributed by atoms with Gasteiger partial charge in [-0.25, -0.2) is 0 Å². The van der Waals surface area contributed by atoms with Gasteiger partial charge in [-0.2, -0.15) is 14.8 Å². The van der Waals surface area contributed by atoms with Crippen molar-refractivity contribution in [2.45, 2.75) is 0 Å². The molecular formula is C11H7N3O2. The van der Waals surface area contributed by atoms with Crippen molar-refractivity contribution in [1.29, 1.82) is 0 Å². The van der Waals surface area contributed by atoms with E-state index in [2.05, 4.69) is 10.1 Å². The number of oxazole rings is 1. The molecular weight excluding hydrogens is 206 g/mol. The number of aldehydes is 1. The first-order valence-corrected chi connectivity index (χ1v) is 4.72. The van der Waals surface area contributed by atoms with Crippen LogP contribution in [0.15, 0.2) is 41.1 Å². The Bertz CT molecular complexity index is 621. The van der Waals surface area contributed by atoms with E-state index in [-0.39, 0.29) is 0 Å². The summed E-state index contributed by atoms with van der Waals surface area (Å²) in [6.45, 7) is 0. The van der Waals surface area contributed by atoms with E-state index in [9.17, 15) is 4.79 Å². The largest absolute Gasteiger partial charge is 0.422 e. The van der Waals surface area contributed by atoms with Crippen LogP contribution in [0.1, 0.15) is 10.4 Å². The second-order valence-corrected chi connectivity index (χ2v) is 3.30. The number of carbonyl (C=O) groups is 1. The van der Waals surface area contributed by atoms with Crippen molar-refractivity contribution in [3.8, 4) is 6.01 Å². The third-order valence-corrected chi connectivity index (χ3v) is 2.22. The van der Waals surface area contributed by atoms with Crippen LogP contribution in [0.5, 0.6) is 0 Å². The Morgan fingerprint density at radius 1 is 1.31 bits per heavy atom. The van der Waals surface area contributed by atoms with Crippen molar-refractivity contribution in [1.82, 2.24) is 14.8 Å². The first kappa shape index (κ1) is 8.84. The normalized spacial score (nSPS) is 10.8. The van der Waals surface area contributed by atoms with Crippen LogP contribution in [0.2, 0.25) is 0 Å². The summed E-state index contributed by atoms with van der Waals surface area (Å²) in [6, 6.07) is 7.79. The van der Waals surface area contributed by atoms with E-state index in [4.69, 9.17) is 4.42 Å². The lowest BCUT2D eigenvalue weighted by molar-refractivity contribution is 0.112. The topological polar surface area (TPSA) is 60.9 Å². The van der Waals surface area contributed by atoms with E-state index in [0.717, 1.165) is 11.8 Å². The zero-order chi connectivity index (χ0) is 11.0. The average Bonchev–Trinajstić information content (AvgIpc) is 2.95. The summed E-state index contributed by atoms with van der Waals surface area (Å²) < 4.78 is 6.92. The number of hydrogen-bond donors (Lipinski definition) is 0. The molecule has 0 saturated heterocycles. The average molecular weight is 213 g/mol. The third kappa shape index (κ3) is 1.30. The number of fused-ring (bicyclic) bond motifs is 1. The lowest BCUT2D eigenvalue weighted by atomic mass is 10.3. The molecule has 0 saturated carbocycles. The van der Waals surface area contributed by atoms with Crippen LogP contribution in [0.4, 0.5) is 0 Å².